The van der Waals surface area contributed by atoms with Crippen LogP contribution < -0.4 is 4.74 Å². The van der Waals surface area contributed by atoms with Crippen molar-refractivity contribution in [2.75, 3.05) is 18.1 Å². The van der Waals surface area contributed by atoms with Gasteiger partial charge in [-0.25, -0.2) is 0 Å². The summed E-state index contributed by atoms with van der Waals surface area (Å²) in [5, 5.41) is 9.31. The number of hydrogen-bond donors (Lipinski definition) is 1. The molecule has 0 amide bonds. The SMILES string of the molecule is CCSCCOc1cc(C)cc(O)c1. The zero-order valence-corrected chi connectivity index (χ0v) is 9.43. The lowest BCUT2D eigenvalue weighted by Crippen LogP contribution is -2.00. The van der Waals surface area contributed by atoms with Gasteiger partial charge in [0.1, 0.15) is 11.5 Å². The van der Waals surface area contributed by atoms with Crippen LogP contribution in [0.25, 0.3) is 0 Å². The average molecular weight is 212 g/mol. The molecule has 0 heterocycles. The van der Waals surface area contributed by atoms with Crippen molar-refractivity contribution < 1.29 is 9.84 Å². The van der Waals surface area contributed by atoms with Crippen LogP contribution in [-0.4, -0.2) is 23.2 Å². The summed E-state index contributed by atoms with van der Waals surface area (Å²) in [4.78, 5) is 0. The summed E-state index contributed by atoms with van der Waals surface area (Å²) in [6.07, 6.45) is 0. The van der Waals surface area contributed by atoms with Gasteiger partial charge in [-0.2, -0.15) is 11.8 Å². The smallest absolute Gasteiger partial charge is 0.123 e. The number of ether oxygens (including phenoxy) is 1. The Morgan fingerprint density at radius 1 is 1.36 bits per heavy atom. The van der Waals surface area contributed by atoms with Gasteiger partial charge in [-0.15, -0.1) is 0 Å². The number of hydrogen-bond acceptors (Lipinski definition) is 3. The molecule has 0 radical (unpaired) electrons. The first-order chi connectivity index (χ1) is 6.72. The highest BCUT2D eigenvalue weighted by Gasteiger charge is 1.97. The normalized spacial score (nSPS) is 10.1. The van der Waals surface area contributed by atoms with Crippen molar-refractivity contribution >= 4 is 11.8 Å². The Morgan fingerprint density at radius 2 is 2.14 bits per heavy atom. The van der Waals surface area contributed by atoms with E-state index < -0.39 is 0 Å². The molecule has 0 spiro atoms. The third kappa shape index (κ3) is 3.92. The number of thioether (sulfide) groups is 1. The Morgan fingerprint density at radius 3 is 2.79 bits per heavy atom. The van der Waals surface area contributed by atoms with E-state index in [-0.39, 0.29) is 5.75 Å². The van der Waals surface area contributed by atoms with Crippen molar-refractivity contribution in [3.05, 3.63) is 23.8 Å². The minimum absolute atomic E-state index is 0.267. The molecule has 0 fully saturated rings. The molecule has 0 atom stereocenters. The molecule has 0 aliphatic rings. The standard InChI is InChI=1S/C11H16O2S/c1-3-14-5-4-13-11-7-9(2)6-10(12)8-11/h6-8,12H,3-5H2,1-2H3. The van der Waals surface area contributed by atoms with E-state index in [1.165, 1.54) is 0 Å². The molecule has 0 saturated carbocycles. The topological polar surface area (TPSA) is 29.5 Å². The van der Waals surface area contributed by atoms with E-state index in [2.05, 4.69) is 6.92 Å². The van der Waals surface area contributed by atoms with Crippen LogP contribution in [0.5, 0.6) is 11.5 Å². The van der Waals surface area contributed by atoms with Crippen molar-refractivity contribution in [1.29, 1.82) is 0 Å². The molecule has 0 saturated heterocycles. The van der Waals surface area contributed by atoms with E-state index in [4.69, 9.17) is 4.74 Å². The average Bonchev–Trinajstić information content (AvgIpc) is 2.11. The van der Waals surface area contributed by atoms with E-state index in [9.17, 15) is 5.11 Å². The van der Waals surface area contributed by atoms with Crippen LogP contribution in [0.2, 0.25) is 0 Å². The molecule has 1 N–H and O–H groups in total. The number of phenolic OH excluding ortho intramolecular Hbond substituents is 1. The zero-order chi connectivity index (χ0) is 10.4. The maximum atomic E-state index is 9.31. The molecule has 1 rings (SSSR count). The maximum Gasteiger partial charge on any atom is 0.123 e. The first-order valence-corrected chi connectivity index (χ1v) is 5.89. The number of aromatic hydroxyl groups is 1. The van der Waals surface area contributed by atoms with E-state index in [1.807, 2.05) is 24.8 Å². The number of aryl methyl sites for hydroxylation is 1. The highest BCUT2D eigenvalue weighted by molar-refractivity contribution is 7.99. The van der Waals surface area contributed by atoms with Gasteiger partial charge in [-0.3, -0.25) is 0 Å². The van der Waals surface area contributed by atoms with Gasteiger partial charge in [-0.05, 0) is 30.4 Å². The second kappa shape index (κ2) is 5.81. The summed E-state index contributed by atoms with van der Waals surface area (Å²) < 4.78 is 5.49. The predicted octanol–water partition coefficient (Wildman–Crippen LogP) is 2.83. The predicted molar refractivity (Wildman–Crippen MR) is 61.3 cm³/mol. The molecule has 2 nitrogen and oxygen atoms in total. The Bertz CT molecular complexity index is 266. The maximum absolute atomic E-state index is 9.31. The zero-order valence-electron chi connectivity index (χ0n) is 8.62. The fourth-order valence-electron chi connectivity index (χ4n) is 1.17. The first kappa shape index (κ1) is 11.2. The molecule has 0 aliphatic heterocycles. The van der Waals surface area contributed by atoms with Crippen LogP contribution in [0.4, 0.5) is 0 Å². The molecule has 0 bridgehead atoms. The number of rotatable bonds is 5. The van der Waals surface area contributed by atoms with E-state index >= 15 is 0 Å². The largest absolute Gasteiger partial charge is 0.508 e. The van der Waals surface area contributed by atoms with Crippen LogP contribution in [0.15, 0.2) is 18.2 Å². The molecule has 1 aromatic rings. The third-order valence-electron chi connectivity index (χ3n) is 1.74. The van der Waals surface area contributed by atoms with Crippen LogP contribution in [0.3, 0.4) is 0 Å². The van der Waals surface area contributed by atoms with E-state index in [1.54, 1.807) is 12.1 Å². The Hall–Kier alpha value is -0.830. The van der Waals surface area contributed by atoms with Crippen molar-refractivity contribution in [3.8, 4) is 11.5 Å². The summed E-state index contributed by atoms with van der Waals surface area (Å²) in [7, 11) is 0. The van der Waals surface area contributed by atoms with Gasteiger partial charge in [0.05, 0.1) is 6.61 Å². The van der Waals surface area contributed by atoms with Crippen LogP contribution in [-0.2, 0) is 0 Å². The summed E-state index contributed by atoms with van der Waals surface area (Å²) in [5.41, 5.74) is 1.02. The molecular formula is C11H16O2S. The van der Waals surface area contributed by atoms with Gasteiger partial charge >= 0.3 is 0 Å². The van der Waals surface area contributed by atoms with Crippen molar-refractivity contribution in [1.82, 2.24) is 0 Å². The fourth-order valence-corrected chi connectivity index (χ4v) is 1.66. The molecular weight excluding hydrogens is 196 g/mol. The van der Waals surface area contributed by atoms with Gasteiger partial charge in [-0.1, -0.05) is 6.92 Å². The first-order valence-electron chi connectivity index (χ1n) is 4.73. The fraction of sp³-hybridized carbons (Fsp3) is 0.455. The molecule has 14 heavy (non-hydrogen) atoms. The van der Waals surface area contributed by atoms with Crippen molar-refractivity contribution in [2.45, 2.75) is 13.8 Å². The molecule has 78 valence electrons. The summed E-state index contributed by atoms with van der Waals surface area (Å²) in [5.74, 6) is 3.12. The lowest BCUT2D eigenvalue weighted by Gasteiger charge is -2.06. The number of benzene rings is 1. The van der Waals surface area contributed by atoms with E-state index in [0.29, 0.717) is 6.61 Å². The second-order valence-electron chi connectivity index (χ2n) is 3.05. The van der Waals surface area contributed by atoms with Crippen molar-refractivity contribution in [3.63, 3.8) is 0 Å². The molecule has 3 heteroatoms. The minimum atomic E-state index is 0.267. The molecule has 1 aromatic carbocycles. The molecule has 0 aliphatic carbocycles. The molecule has 0 unspecified atom stereocenters. The van der Waals surface area contributed by atoms with Gasteiger partial charge in [0.15, 0.2) is 0 Å². The highest BCUT2D eigenvalue weighted by Crippen LogP contribution is 2.21. The lowest BCUT2D eigenvalue weighted by atomic mass is 10.2. The monoisotopic (exact) mass is 212 g/mol. The van der Waals surface area contributed by atoms with Crippen LogP contribution in [0.1, 0.15) is 12.5 Å². The van der Waals surface area contributed by atoms with E-state index in [0.717, 1.165) is 22.8 Å². The van der Waals surface area contributed by atoms with Crippen molar-refractivity contribution in [2.24, 2.45) is 0 Å². The van der Waals surface area contributed by atoms with Crippen LogP contribution in [0, 0.1) is 6.92 Å². The Labute approximate surface area is 89.3 Å². The Balaban J connectivity index is 2.42. The van der Waals surface area contributed by atoms with Gasteiger partial charge < -0.3 is 9.84 Å². The molecule has 0 aromatic heterocycles. The number of phenols is 1. The Kier molecular flexibility index (Phi) is 4.66. The second-order valence-corrected chi connectivity index (χ2v) is 4.44. The quantitative estimate of drug-likeness (QED) is 0.761. The highest BCUT2D eigenvalue weighted by atomic mass is 32.2. The third-order valence-corrected chi connectivity index (χ3v) is 2.60. The summed E-state index contributed by atoms with van der Waals surface area (Å²) in [6, 6.07) is 5.29. The summed E-state index contributed by atoms with van der Waals surface area (Å²) in [6.45, 7) is 4.76. The lowest BCUT2D eigenvalue weighted by molar-refractivity contribution is 0.341. The van der Waals surface area contributed by atoms with Gasteiger partial charge in [0.25, 0.3) is 0 Å². The van der Waals surface area contributed by atoms with Gasteiger partial charge in [0.2, 0.25) is 0 Å². The van der Waals surface area contributed by atoms with Crippen LogP contribution >= 0.6 is 11.8 Å². The van der Waals surface area contributed by atoms with Gasteiger partial charge in [0, 0.05) is 11.8 Å². The minimum Gasteiger partial charge on any atom is -0.508 e. The summed E-state index contributed by atoms with van der Waals surface area (Å²) >= 11 is 1.85.